The van der Waals surface area contributed by atoms with Gasteiger partial charge >= 0.3 is 5.76 Å². The topological polar surface area (TPSA) is 141 Å². The first-order valence-corrected chi connectivity index (χ1v) is 12.3. The zero-order valence-electron chi connectivity index (χ0n) is 20.5. The van der Waals surface area contributed by atoms with E-state index in [-0.39, 0.29) is 36.1 Å². The number of benzene rings is 1. The molecule has 1 saturated heterocycles. The number of fused-ring (bicyclic) bond motifs is 2. The summed E-state index contributed by atoms with van der Waals surface area (Å²) < 4.78 is 5.29. The van der Waals surface area contributed by atoms with E-state index in [2.05, 4.69) is 26.7 Å². The van der Waals surface area contributed by atoms with E-state index in [0.29, 0.717) is 17.3 Å². The molecular formula is C26H30N6O4. The molecule has 188 valence electrons. The van der Waals surface area contributed by atoms with Crippen molar-refractivity contribution < 1.29 is 14.0 Å². The van der Waals surface area contributed by atoms with E-state index in [1.165, 1.54) is 0 Å². The number of nitrogens with one attached hydrogen (secondary N) is 2. The van der Waals surface area contributed by atoms with Gasteiger partial charge in [0.15, 0.2) is 0 Å². The summed E-state index contributed by atoms with van der Waals surface area (Å²) in [6.45, 7) is 5.39. The number of hydrogen-bond acceptors (Lipinski definition) is 8. The van der Waals surface area contributed by atoms with Crippen LogP contribution in [0.3, 0.4) is 0 Å². The molecule has 1 aromatic carbocycles. The average Bonchev–Trinajstić information content (AvgIpc) is 3.39. The lowest BCUT2D eigenvalue weighted by Gasteiger charge is -2.23. The van der Waals surface area contributed by atoms with Gasteiger partial charge in [0, 0.05) is 37.2 Å². The van der Waals surface area contributed by atoms with Gasteiger partial charge in [-0.3, -0.25) is 14.6 Å². The molecule has 10 heteroatoms. The van der Waals surface area contributed by atoms with Crippen molar-refractivity contribution in [3.8, 4) is 6.07 Å². The van der Waals surface area contributed by atoms with Crippen LogP contribution >= 0.6 is 0 Å². The Morgan fingerprint density at radius 1 is 1.25 bits per heavy atom. The third kappa shape index (κ3) is 5.97. The fourth-order valence-electron chi connectivity index (χ4n) is 4.46. The highest BCUT2D eigenvalue weighted by Gasteiger charge is 2.26. The Labute approximate surface area is 208 Å². The highest BCUT2D eigenvalue weighted by Crippen LogP contribution is 2.26. The fraction of sp³-hybridized carbons (Fsp3) is 0.462. The van der Waals surface area contributed by atoms with Crippen molar-refractivity contribution in [1.82, 2.24) is 20.2 Å². The molecule has 4 rings (SSSR count). The summed E-state index contributed by atoms with van der Waals surface area (Å²) in [7, 11) is 0. The van der Waals surface area contributed by atoms with Crippen molar-refractivity contribution in [2.45, 2.75) is 58.0 Å². The lowest BCUT2D eigenvalue weighted by molar-refractivity contribution is -0.130. The van der Waals surface area contributed by atoms with E-state index >= 15 is 0 Å². The second-order valence-electron chi connectivity index (χ2n) is 9.52. The summed E-state index contributed by atoms with van der Waals surface area (Å²) in [5.74, 6) is -0.875. The van der Waals surface area contributed by atoms with Crippen molar-refractivity contribution in [2.75, 3.05) is 18.4 Å². The van der Waals surface area contributed by atoms with Crippen LogP contribution in [-0.4, -0.2) is 51.9 Å². The molecule has 2 atom stereocenters. The number of likely N-dealkylation sites (tertiary alicyclic amines) is 1. The fourth-order valence-corrected chi connectivity index (χ4v) is 4.46. The Balaban J connectivity index is 1.63. The summed E-state index contributed by atoms with van der Waals surface area (Å²) in [6, 6.07) is 7.68. The van der Waals surface area contributed by atoms with E-state index in [1.807, 2.05) is 19.9 Å². The largest absolute Gasteiger partial charge is 0.441 e. The first-order valence-electron chi connectivity index (χ1n) is 12.3. The Morgan fingerprint density at radius 2 is 2.03 bits per heavy atom. The number of carbonyl (C=O) groups is 2. The number of pyridine rings is 1. The van der Waals surface area contributed by atoms with Gasteiger partial charge in [0.1, 0.15) is 23.5 Å². The molecule has 1 fully saturated rings. The monoisotopic (exact) mass is 490 g/mol. The quantitative estimate of drug-likeness (QED) is 0.436. The van der Waals surface area contributed by atoms with Crippen LogP contribution < -0.4 is 16.4 Å². The van der Waals surface area contributed by atoms with Gasteiger partial charge in [-0.15, -0.1) is 0 Å². The van der Waals surface area contributed by atoms with Gasteiger partial charge < -0.3 is 20.0 Å². The normalized spacial score (nSPS) is 15.1. The highest BCUT2D eigenvalue weighted by molar-refractivity contribution is 5.99. The maximum absolute atomic E-state index is 13.3. The second kappa shape index (κ2) is 11.2. The minimum atomic E-state index is -0.887. The molecule has 0 aliphatic carbocycles. The molecule has 3 heterocycles. The van der Waals surface area contributed by atoms with Crippen LogP contribution in [0, 0.1) is 17.2 Å². The lowest BCUT2D eigenvalue weighted by Crippen LogP contribution is -2.45. The molecule has 1 aliphatic rings. The molecule has 1 aliphatic heterocycles. The summed E-state index contributed by atoms with van der Waals surface area (Å²) in [4.78, 5) is 48.3. The molecule has 36 heavy (non-hydrogen) atoms. The summed E-state index contributed by atoms with van der Waals surface area (Å²) in [5.41, 5.74) is 0.937. The van der Waals surface area contributed by atoms with Crippen LogP contribution in [-0.2, 0) is 9.59 Å². The molecule has 0 spiro atoms. The van der Waals surface area contributed by atoms with Crippen LogP contribution in [0.2, 0.25) is 0 Å². The molecule has 2 N–H and O–H groups in total. The molecule has 2 aromatic heterocycles. The summed E-state index contributed by atoms with van der Waals surface area (Å²) in [6.07, 6.45) is 4.43. The van der Waals surface area contributed by atoms with E-state index in [4.69, 9.17) is 4.42 Å². The number of rotatable bonds is 9. The number of carbonyl (C=O) groups excluding carboxylic acids is 2. The van der Waals surface area contributed by atoms with Crippen molar-refractivity contribution in [1.29, 1.82) is 5.26 Å². The highest BCUT2D eigenvalue weighted by atomic mass is 16.4. The van der Waals surface area contributed by atoms with Crippen molar-refractivity contribution in [3.63, 3.8) is 0 Å². The number of anilines is 1. The first kappa shape index (κ1) is 25.1. The zero-order valence-corrected chi connectivity index (χ0v) is 20.5. The lowest BCUT2D eigenvalue weighted by atomic mass is 10.0. The van der Waals surface area contributed by atoms with Gasteiger partial charge in [-0.1, -0.05) is 19.9 Å². The number of aromatic nitrogens is 2. The molecule has 0 bridgehead atoms. The number of nitriles is 1. The molecule has 2 unspecified atom stereocenters. The van der Waals surface area contributed by atoms with Crippen molar-refractivity contribution >= 4 is 39.5 Å². The zero-order chi connectivity index (χ0) is 25.7. The summed E-state index contributed by atoms with van der Waals surface area (Å²) in [5, 5.41) is 16.7. The minimum Gasteiger partial charge on any atom is -0.408 e. The van der Waals surface area contributed by atoms with Crippen molar-refractivity contribution in [2.24, 2.45) is 5.92 Å². The third-order valence-corrected chi connectivity index (χ3v) is 6.27. The standard InChI is InChI=1S/C26H30N6O4/c1-16(2)12-18(15-27)29-25(34)20(7-8-23(33)32-10-3-4-11-32)30-24-19-13-17-6-5-9-28-21(17)14-22(19)36-26(35)31-24/h5-6,9,13-14,16,18,20H,3-4,7-8,10-12H2,1-2H3,(H,29,34)(H,30,31,35). The maximum atomic E-state index is 13.3. The molecule has 10 nitrogen and oxygen atoms in total. The summed E-state index contributed by atoms with van der Waals surface area (Å²) >= 11 is 0. The first-order chi connectivity index (χ1) is 17.3. The van der Waals surface area contributed by atoms with E-state index < -0.39 is 23.7 Å². The third-order valence-electron chi connectivity index (χ3n) is 6.27. The average molecular weight is 491 g/mol. The van der Waals surface area contributed by atoms with Gasteiger partial charge in [0.25, 0.3) is 0 Å². The second-order valence-corrected chi connectivity index (χ2v) is 9.52. The van der Waals surface area contributed by atoms with Gasteiger partial charge in [0.2, 0.25) is 11.8 Å². The number of hydrogen-bond donors (Lipinski definition) is 2. The SMILES string of the molecule is CC(C)CC(C#N)NC(=O)C(CCC(=O)N1CCCC1)Nc1nc(=O)oc2cc3ncccc3cc12. The minimum absolute atomic E-state index is 0.0198. The maximum Gasteiger partial charge on any atom is 0.441 e. The van der Waals surface area contributed by atoms with Crippen LogP contribution in [0.1, 0.15) is 46.0 Å². The van der Waals surface area contributed by atoms with Gasteiger partial charge in [-0.2, -0.15) is 10.2 Å². The molecular weight excluding hydrogens is 460 g/mol. The predicted molar refractivity (Wildman–Crippen MR) is 135 cm³/mol. The molecule has 0 radical (unpaired) electrons. The van der Waals surface area contributed by atoms with E-state index in [0.717, 1.165) is 31.3 Å². The van der Waals surface area contributed by atoms with Crippen LogP contribution in [0.5, 0.6) is 0 Å². The predicted octanol–water partition coefficient (Wildman–Crippen LogP) is 2.97. The number of amides is 2. The van der Waals surface area contributed by atoms with Crippen LogP contribution in [0.25, 0.3) is 21.9 Å². The van der Waals surface area contributed by atoms with Crippen LogP contribution in [0.4, 0.5) is 5.82 Å². The molecule has 2 amide bonds. The Bertz CT molecular complexity index is 1360. The van der Waals surface area contributed by atoms with Crippen molar-refractivity contribution in [3.05, 3.63) is 41.0 Å². The van der Waals surface area contributed by atoms with Gasteiger partial charge in [-0.25, -0.2) is 4.79 Å². The Kier molecular flexibility index (Phi) is 7.78. The van der Waals surface area contributed by atoms with Gasteiger partial charge in [-0.05, 0) is 43.7 Å². The van der Waals surface area contributed by atoms with E-state index in [1.54, 1.807) is 29.3 Å². The van der Waals surface area contributed by atoms with Crippen LogP contribution in [0.15, 0.2) is 39.7 Å². The molecule has 3 aromatic rings. The Morgan fingerprint density at radius 3 is 2.75 bits per heavy atom. The van der Waals surface area contributed by atoms with E-state index in [9.17, 15) is 19.6 Å². The smallest absolute Gasteiger partial charge is 0.408 e. The number of nitrogens with zero attached hydrogens (tertiary/aromatic N) is 4. The molecule has 0 saturated carbocycles. The van der Waals surface area contributed by atoms with Gasteiger partial charge in [0.05, 0.1) is 17.0 Å². The Hall–Kier alpha value is -4.00.